The summed E-state index contributed by atoms with van der Waals surface area (Å²) in [5.41, 5.74) is 9.09. The maximum atomic E-state index is 14.2. The standard InChI is InChI=1S/C43H46Cl2FN9O6/c1-24(37-30(44)8-9-31(46)39(37)45)61-34-17-26(19-49-40(34)47)27-20-50-54(23-27)28-12-15-53(16-13-28)36(57)7-2-3-14-52-21-25(22-52)18-48-32-6-4-5-29-38(32)43(60)55(42(29)59)33-10-11-35(56)51-41(33)58/h4-6,8-9,17,19-20,23-25,28,33,48H,2-3,7,10-16,18,21-22H2,1H3,(H2,47,49)(H,51,56,58)/t24-,33?/m1/s1. The second kappa shape index (κ2) is 17.8. The highest BCUT2D eigenvalue weighted by atomic mass is 35.5. The number of benzene rings is 2. The third-order valence-electron chi connectivity index (χ3n) is 12.0. The number of unbranched alkanes of at least 4 members (excludes halogenated alkanes) is 1. The Morgan fingerprint density at radius 2 is 1.82 bits per heavy atom. The Kier molecular flexibility index (Phi) is 12.3. The van der Waals surface area contributed by atoms with Crippen LogP contribution >= 0.6 is 23.2 Å². The number of anilines is 2. The average Bonchev–Trinajstić information content (AvgIpc) is 3.82. The van der Waals surface area contributed by atoms with Gasteiger partial charge in [-0.25, -0.2) is 9.37 Å². The number of imide groups is 2. The smallest absolute Gasteiger partial charge is 0.264 e. The highest BCUT2D eigenvalue weighted by Gasteiger charge is 2.45. The Labute approximate surface area is 361 Å². The molecule has 15 nitrogen and oxygen atoms in total. The minimum absolute atomic E-state index is 0.0706. The van der Waals surface area contributed by atoms with Crippen LogP contribution in [0.4, 0.5) is 15.9 Å². The molecule has 0 saturated carbocycles. The van der Waals surface area contributed by atoms with Gasteiger partial charge in [-0.3, -0.25) is 38.9 Å². The summed E-state index contributed by atoms with van der Waals surface area (Å²) in [5.74, 6) is -1.69. The first-order chi connectivity index (χ1) is 29.4. The molecule has 320 valence electrons. The lowest BCUT2D eigenvalue weighted by Gasteiger charge is -2.39. The van der Waals surface area contributed by atoms with Gasteiger partial charge in [0, 0.05) is 91.3 Å². The predicted octanol–water partition coefficient (Wildman–Crippen LogP) is 5.89. The van der Waals surface area contributed by atoms with E-state index in [1.807, 2.05) is 15.8 Å². The van der Waals surface area contributed by atoms with Crippen molar-refractivity contribution < 1.29 is 33.1 Å². The van der Waals surface area contributed by atoms with Gasteiger partial charge >= 0.3 is 0 Å². The van der Waals surface area contributed by atoms with Crippen LogP contribution in [0, 0.1) is 11.7 Å². The van der Waals surface area contributed by atoms with Crippen LogP contribution < -0.4 is 21.1 Å². The van der Waals surface area contributed by atoms with Crippen molar-refractivity contribution >= 4 is 64.2 Å². The first-order valence-electron chi connectivity index (χ1n) is 20.5. The number of hydrogen-bond donors (Lipinski definition) is 3. The molecule has 4 aromatic rings. The zero-order valence-electron chi connectivity index (χ0n) is 33.5. The van der Waals surface area contributed by atoms with Crippen LogP contribution in [0.1, 0.15) is 90.3 Å². The quantitative estimate of drug-likeness (QED) is 0.0780. The summed E-state index contributed by atoms with van der Waals surface area (Å²) in [7, 11) is 0. The number of likely N-dealkylation sites (tertiary alicyclic amines) is 2. The van der Waals surface area contributed by atoms with E-state index < -0.39 is 41.6 Å². The molecule has 4 N–H and O–H groups in total. The number of nitrogens with zero attached hydrogens (tertiary/aromatic N) is 6. The lowest BCUT2D eigenvalue weighted by Crippen LogP contribution is -2.54. The first kappa shape index (κ1) is 42.1. The lowest BCUT2D eigenvalue weighted by molar-refractivity contribution is -0.136. The lowest BCUT2D eigenvalue weighted by atomic mass is 9.98. The number of aromatic nitrogens is 3. The molecular weight excluding hydrogens is 828 g/mol. The number of amides is 5. The second-order valence-corrected chi connectivity index (χ2v) is 16.9. The second-order valence-electron chi connectivity index (χ2n) is 16.1. The molecule has 0 spiro atoms. The Balaban J connectivity index is 0.741. The van der Waals surface area contributed by atoms with E-state index in [4.69, 9.17) is 33.7 Å². The summed E-state index contributed by atoms with van der Waals surface area (Å²) < 4.78 is 22.1. The van der Waals surface area contributed by atoms with Gasteiger partial charge in [0.25, 0.3) is 11.8 Å². The maximum Gasteiger partial charge on any atom is 0.264 e. The number of ether oxygens (including phenoxy) is 1. The van der Waals surface area contributed by atoms with E-state index in [2.05, 4.69) is 25.6 Å². The molecule has 5 amide bonds. The van der Waals surface area contributed by atoms with Crippen LogP contribution in [0.15, 0.2) is 55.0 Å². The highest BCUT2D eigenvalue weighted by Crippen LogP contribution is 2.38. The fraction of sp³-hybridized carbons (Fsp3) is 0.419. The van der Waals surface area contributed by atoms with E-state index in [0.29, 0.717) is 49.0 Å². The van der Waals surface area contributed by atoms with E-state index >= 15 is 0 Å². The van der Waals surface area contributed by atoms with Crippen molar-refractivity contribution in [2.75, 3.05) is 50.3 Å². The molecule has 3 saturated heterocycles. The Morgan fingerprint density at radius 3 is 2.59 bits per heavy atom. The number of carbonyl (C=O) groups excluding carboxylic acids is 5. The average molecular weight is 875 g/mol. The largest absolute Gasteiger partial charge is 0.482 e. The molecule has 2 aromatic heterocycles. The van der Waals surface area contributed by atoms with Crippen molar-refractivity contribution in [2.24, 2.45) is 5.92 Å². The number of halogens is 3. The van der Waals surface area contributed by atoms with Gasteiger partial charge in [-0.2, -0.15) is 5.10 Å². The monoisotopic (exact) mass is 873 g/mol. The van der Waals surface area contributed by atoms with Crippen LogP contribution in [0.2, 0.25) is 10.0 Å². The Hall–Kier alpha value is -5.58. The van der Waals surface area contributed by atoms with E-state index in [0.717, 1.165) is 61.3 Å². The predicted molar refractivity (Wildman–Crippen MR) is 226 cm³/mol. The van der Waals surface area contributed by atoms with Crippen molar-refractivity contribution in [3.8, 4) is 16.9 Å². The molecule has 2 aromatic carbocycles. The third kappa shape index (κ3) is 8.79. The van der Waals surface area contributed by atoms with Crippen molar-refractivity contribution in [1.29, 1.82) is 0 Å². The zero-order valence-corrected chi connectivity index (χ0v) is 35.1. The number of fused-ring (bicyclic) bond motifs is 1. The van der Waals surface area contributed by atoms with E-state index in [9.17, 15) is 28.4 Å². The first-order valence-corrected chi connectivity index (χ1v) is 21.3. The number of hydrogen-bond acceptors (Lipinski definition) is 11. The van der Waals surface area contributed by atoms with Gasteiger partial charge < -0.3 is 25.6 Å². The van der Waals surface area contributed by atoms with Gasteiger partial charge in [0.05, 0.1) is 28.4 Å². The Bertz CT molecular complexity index is 2380. The summed E-state index contributed by atoms with van der Waals surface area (Å²) >= 11 is 12.5. The third-order valence-corrected chi connectivity index (χ3v) is 12.7. The summed E-state index contributed by atoms with van der Waals surface area (Å²) in [4.78, 5) is 73.3. The molecule has 0 radical (unpaired) electrons. The molecule has 1 unspecified atom stereocenters. The van der Waals surface area contributed by atoms with Gasteiger partial charge in [0.2, 0.25) is 17.7 Å². The minimum atomic E-state index is -1.00. The fourth-order valence-corrected chi connectivity index (χ4v) is 9.29. The highest BCUT2D eigenvalue weighted by molar-refractivity contribution is 6.36. The van der Waals surface area contributed by atoms with Crippen LogP contribution in [-0.4, -0.2) is 104 Å². The van der Waals surface area contributed by atoms with Crippen LogP contribution in [-0.2, 0) is 14.4 Å². The molecule has 6 heterocycles. The van der Waals surface area contributed by atoms with Crippen molar-refractivity contribution in [1.82, 2.24) is 34.8 Å². The molecule has 3 fully saturated rings. The summed E-state index contributed by atoms with van der Waals surface area (Å²) in [6, 6.07) is 8.60. The van der Waals surface area contributed by atoms with Gasteiger partial charge in [0.1, 0.15) is 18.0 Å². The van der Waals surface area contributed by atoms with Crippen LogP contribution in [0.25, 0.3) is 11.1 Å². The molecule has 4 aliphatic rings. The van der Waals surface area contributed by atoms with Crippen LogP contribution in [0.3, 0.4) is 0 Å². The maximum absolute atomic E-state index is 14.2. The number of nitrogens with two attached hydrogens (primary N) is 1. The SMILES string of the molecule is C[C@@H](Oc1cc(-c2cnn(C3CCN(C(=O)CCCCN4CC(CNc5cccc6c5C(=O)N(C5CCC(=O)NC5=O)C6=O)C4)CC3)c2)cnc1N)c1c(Cl)ccc(F)c1Cl. The molecule has 4 aliphatic heterocycles. The van der Waals surface area contributed by atoms with E-state index in [1.54, 1.807) is 43.6 Å². The molecule has 61 heavy (non-hydrogen) atoms. The van der Waals surface area contributed by atoms with Gasteiger partial charge in [-0.1, -0.05) is 29.3 Å². The summed E-state index contributed by atoms with van der Waals surface area (Å²) in [5, 5.41) is 10.4. The topological polar surface area (TPSA) is 185 Å². The van der Waals surface area contributed by atoms with Crippen molar-refractivity contribution in [3.05, 3.63) is 87.5 Å². The number of pyridine rings is 1. The summed E-state index contributed by atoms with van der Waals surface area (Å²) in [6.07, 6.45) is 8.62. The number of rotatable bonds is 14. The number of nitrogens with one attached hydrogen (secondary N) is 2. The molecule has 18 heteroatoms. The normalized spacial score (nSPS) is 19.2. The molecular formula is C43H46Cl2FN9O6. The van der Waals surface area contributed by atoms with Gasteiger partial charge in [-0.15, -0.1) is 0 Å². The number of carbonyl (C=O) groups is 5. The van der Waals surface area contributed by atoms with E-state index in [1.165, 1.54) is 12.1 Å². The minimum Gasteiger partial charge on any atom is -0.482 e. The molecule has 2 atom stereocenters. The summed E-state index contributed by atoms with van der Waals surface area (Å²) in [6.45, 7) is 6.31. The van der Waals surface area contributed by atoms with Crippen LogP contribution in [0.5, 0.6) is 5.75 Å². The Morgan fingerprint density at radius 1 is 1.03 bits per heavy atom. The molecule has 8 rings (SSSR count). The van der Waals surface area contributed by atoms with E-state index in [-0.39, 0.29) is 51.8 Å². The van der Waals surface area contributed by atoms with Crippen molar-refractivity contribution in [3.63, 3.8) is 0 Å². The van der Waals surface area contributed by atoms with Gasteiger partial charge in [-0.05, 0) is 75.9 Å². The molecule has 0 bridgehead atoms. The zero-order chi connectivity index (χ0) is 42.9. The number of nitrogen functional groups attached to an aromatic ring is 1. The van der Waals surface area contributed by atoms with Crippen molar-refractivity contribution in [2.45, 2.75) is 70.1 Å². The number of piperidine rings is 2. The fourth-order valence-electron chi connectivity index (χ4n) is 8.61. The van der Waals surface area contributed by atoms with Gasteiger partial charge in [0.15, 0.2) is 11.6 Å². The molecule has 0 aliphatic carbocycles.